The molecule has 5 nitrogen and oxygen atoms in total. The SMILES string of the molecule is CN(C(=O)OC(c1ccc(C(F)(F)F)cc1)c1nccn1Cc1ccccc1)c1ccccc1. The number of ether oxygens (including phenoxy) is 1. The van der Waals surface area contributed by atoms with Crippen LogP contribution >= 0.6 is 0 Å². The minimum Gasteiger partial charge on any atom is -0.433 e. The predicted molar refractivity (Wildman–Crippen MR) is 122 cm³/mol. The molecule has 0 fully saturated rings. The van der Waals surface area contributed by atoms with E-state index < -0.39 is 23.9 Å². The third-order valence-electron chi connectivity index (χ3n) is 5.35. The van der Waals surface area contributed by atoms with E-state index in [1.165, 1.54) is 17.0 Å². The van der Waals surface area contributed by atoms with Gasteiger partial charge in [-0.2, -0.15) is 13.2 Å². The molecule has 0 spiro atoms. The summed E-state index contributed by atoms with van der Waals surface area (Å²) in [5, 5.41) is 0. The molecule has 0 aliphatic heterocycles. The van der Waals surface area contributed by atoms with Crippen LogP contribution in [0.5, 0.6) is 0 Å². The van der Waals surface area contributed by atoms with Gasteiger partial charge in [0.25, 0.3) is 0 Å². The molecule has 1 heterocycles. The van der Waals surface area contributed by atoms with Crippen molar-refractivity contribution in [2.75, 3.05) is 11.9 Å². The van der Waals surface area contributed by atoms with E-state index in [4.69, 9.17) is 4.74 Å². The Morgan fingerprint density at radius 3 is 2.21 bits per heavy atom. The maximum atomic E-state index is 13.1. The fourth-order valence-electron chi connectivity index (χ4n) is 3.53. The Balaban J connectivity index is 1.68. The van der Waals surface area contributed by atoms with E-state index in [-0.39, 0.29) is 0 Å². The highest BCUT2D eigenvalue weighted by Crippen LogP contribution is 2.32. The molecule has 4 rings (SSSR count). The third kappa shape index (κ3) is 5.28. The summed E-state index contributed by atoms with van der Waals surface area (Å²) < 4.78 is 46.9. The summed E-state index contributed by atoms with van der Waals surface area (Å²) in [5.74, 6) is 0.401. The summed E-state index contributed by atoms with van der Waals surface area (Å²) in [6, 6.07) is 23.1. The molecule has 8 heteroatoms. The van der Waals surface area contributed by atoms with Gasteiger partial charge >= 0.3 is 12.3 Å². The van der Waals surface area contributed by atoms with Crippen LogP contribution in [-0.4, -0.2) is 22.7 Å². The van der Waals surface area contributed by atoms with Gasteiger partial charge in [0.05, 0.1) is 5.56 Å². The Hall–Kier alpha value is -4.07. The van der Waals surface area contributed by atoms with Crippen molar-refractivity contribution in [1.82, 2.24) is 9.55 Å². The highest BCUT2D eigenvalue weighted by Gasteiger charge is 2.31. The first-order valence-corrected chi connectivity index (χ1v) is 10.5. The molecule has 1 amide bonds. The first-order chi connectivity index (χ1) is 16.3. The molecular formula is C26H22F3N3O2. The van der Waals surface area contributed by atoms with Crippen molar-refractivity contribution < 1.29 is 22.7 Å². The lowest BCUT2D eigenvalue weighted by atomic mass is 10.1. The number of amides is 1. The van der Waals surface area contributed by atoms with Crippen LogP contribution in [0.4, 0.5) is 23.7 Å². The summed E-state index contributed by atoms with van der Waals surface area (Å²) in [4.78, 5) is 18.7. The van der Waals surface area contributed by atoms with Gasteiger partial charge in [-0.15, -0.1) is 0 Å². The molecule has 1 atom stereocenters. The fraction of sp³-hybridized carbons (Fsp3) is 0.154. The first-order valence-electron chi connectivity index (χ1n) is 10.5. The molecule has 0 saturated carbocycles. The molecular weight excluding hydrogens is 443 g/mol. The van der Waals surface area contributed by atoms with E-state index in [0.29, 0.717) is 23.6 Å². The second-order valence-electron chi connectivity index (χ2n) is 7.68. The molecule has 0 bridgehead atoms. The zero-order chi connectivity index (χ0) is 24.1. The van der Waals surface area contributed by atoms with Gasteiger partial charge in [0, 0.05) is 37.2 Å². The van der Waals surface area contributed by atoms with Crippen LogP contribution in [0.2, 0.25) is 0 Å². The zero-order valence-electron chi connectivity index (χ0n) is 18.3. The van der Waals surface area contributed by atoms with Crippen LogP contribution in [-0.2, 0) is 17.5 Å². The molecule has 1 aromatic heterocycles. The van der Waals surface area contributed by atoms with Crippen molar-refractivity contribution >= 4 is 11.8 Å². The normalized spacial score (nSPS) is 12.2. The zero-order valence-corrected chi connectivity index (χ0v) is 18.3. The summed E-state index contributed by atoms with van der Waals surface area (Å²) in [7, 11) is 1.57. The lowest BCUT2D eigenvalue weighted by Gasteiger charge is -2.24. The predicted octanol–water partition coefficient (Wildman–Crippen LogP) is 6.31. The van der Waals surface area contributed by atoms with Crippen LogP contribution in [0.15, 0.2) is 97.3 Å². The van der Waals surface area contributed by atoms with Gasteiger partial charge in [0.1, 0.15) is 0 Å². The number of hydrogen-bond acceptors (Lipinski definition) is 3. The van der Waals surface area contributed by atoms with Gasteiger partial charge in [-0.05, 0) is 29.8 Å². The van der Waals surface area contributed by atoms with Crippen molar-refractivity contribution in [2.45, 2.75) is 18.8 Å². The fourth-order valence-corrected chi connectivity index (χ4v) is 3.53. The molecule has 4 aromatic rings. The van der Waals surface area contributed by atoms with E-state index in [1.54, 1.807) is 43.7 Å². The summed E-state index contributed by atoms with van der Waals surface area (Å²) in [6.07, 6.45) is -2.83. The van der Waals surface area contributed by atoms with Gasteiger partial charge in [-0.1, -0.05) is 60.7 Å². The van der Waals surface area contributed by atoms with Crippen LogP contribution in [0, 0.1) is 0 Å². The van der Waals surface area contributed by atoms with Gasteiger partial charge in [0.2, 0.25) is 0 Å². The molecule has 174 valence electrons. The van der Waals surface area contributed by atoms with Crippen molar-refractivity contribution in [3.8, 4) is 0 Å². The van der Waals surface area contributed by atoms with Crippen LogP contribution < -0.4 is 4.90 Å². The number of alkyl halides is 3. The summed E-state index contributed by atoms with van der Waals surface area (Å²) in [6.45, 7) is 0.458. The monoisotopic (exact) mass is 465 g/mol. The molecule has 0 saturated heterocycles. The van der Waals surface area contributed by atoms with E-state index in [0.717, 1.165) is 17.7 Å². The molecule has 1 unspecified atom stereocenters. The second-order valence-corrected chi connectivity index (χ2v) is 7.68. The van der Waals surface area contributed by atoms with Crippen molar-refractivity contribution in [3.63, 3.8) is 0 Å². The Labute approximate surface area is 195 Å². The van der Waals surface area contributed by atoms with Crippen molar-refractivity contribution in [1.29, 1.82) is 0 Å². The lowest BCUT2D eigenvalue weighted by molar-refractivity contribution is -0.137. The minimum absolute atomic E-state index is 0.378. The highest BCUT2D eigenvalue weighted by molar-refractivity contribution is 5.87. The van der Waals surface area contributed by atoms with E-state index in [2.05, 4.69) is 4.98 Å². The number of rotatable bonds is 6. The summed E-state index contributed by atoms with van der Waals surface area (Å²) in [5.41, 5.74) is 1.21. The molecule has 0 aliphatic rings. The maximum absolute atomic E-state index is 13.1. The number of halogens is 3. The van der Waals surface area contributed by atoms with Crippen molar-refractivity contribution in [2.24, 2.45) is 0 Å². The number of para-hydroxylation sites is 1. The maximum Gasteiger partial charge on any atom is 0.416 e. The van der Waals surface area contributed by atoms with Gasteiger partial charge in [-0.3, -0.25) is 4.90 Å². The molecule has 34 heavy (non-hydrogen) atoms. The number of hydrogen-bond donors (Lipinski definition) is 0. The van der Waals surface area contributed by atoms with E-state index in [1.807, 2.05) is 41.0 Å². The smallest absolute Gasteiger partial charge is 0.416 e. The van der Waals surface area contributed by atoms with Crippen molar-refractivity contribution in [3.05, 3.63) is 120 Å². The van der Waals surface area contributed by atoms with E-state index >= 15 is 0 Å². The molecule has 0 N–H and O–H groups in total. The number of benzene rings is 3. The average Bonchev–Trinajstić information content (AvgIpc) is 3.30. The Kier molecular flexibility index (Phi) is 6.67. The standard InChI is InChI=1S/C26H22F3N3O2/c1-31(22-10-6-3-7-11-22)25(33)34-23(20-12-14-21(15-13-20)26(27,28)29)24-30-16-17-32(24)18-19-8-4-2-5-9-19/h2-17,23H,18H2,1H3. The molecule has 3 aromatic carbocycles. The Morgan fingerprint density at radius 2 is 1.59 bits per heavy atom. The number of aromatic nitrogens is 2. The minimum atomic E-state index is -4.47. The molecule has 0 aliphatic carbocycles. The number of carbonyl (C=O) groups excluding carboxylic acids is 1. The highest BCUT2D eigenvalue weighted by atomic mass is 19.4. The average molecular weight is 465 g/mol. The van der Waals surface area contributed by atoms with Crippen LogP contribution in [0.1, 0.15) is 28.6 Å². The lowest BCUT2D eigenvalue weighted by Crippen LogP contribution is -2.29. The van der Waals surface area contributed by atoms with Crippen LogP contribution in [0.3, 0.4) is 0 Å². The second kappa shape index (κ2) is 9.82. The van der Waals surface area contributed by atoms with Gasteiger partial charge in [0.15, 0.2) is 11.9 Å². The third-order valence-corrected chi connectivity index (χ3v) is 5.35. The Morgan fingerprint density at radius 1 is 0.971 bits per heavy atom. The first kappa shape index (κ1) is 23.1. The number of anilines is 1. The number of nitrogens with zero attached hydrogens (tertiary/aromatic N) is 3. The topological polar surface area (TPSA) is 47.4 Å². The largest absolute Gasteiger partial charge is 0.433 e. The van der Waals surface area contributed by atoms with E-state index in [9.17, 15) is 18.0 Å². The summed E-state index contributed by atoms with van der Waals surface area (Å²) >= 11 is 0. The van der Waals surface area contributed by atoms with Gasteiger partial charge < -0.3 is 9.30 Å². The van der Waals surface area contributed by atoms with Gasteiger partial charge in [-0.25, -0.2) is 9.78 Å². The molecule has 0 radical (unpaired) electrons. The van der Waals surface area contributed by atoms with Crippen LogP contribution in [0.25, 0.3) is 0 Å². The number of carbonyl (C=O) groups is 1. The quantitative estimate of drug-likeness (QED) is 0.335. The number of imidazole rings is 1. The Bertz CT molecular complexity index is 1220.